The topological polar surface area (TPSA) is 65.7 Å². The van der Waals surface area contributed by atoms with Gasteiger partial charge >= 0.3 is 11.6 Å². The Bertz CT molecular complexity index is 1490. The molecule has 46 heavy (non-hydrogen) atoms. The molecule has 8 atom stereocenters. The summed E-state index contributed by atoms with van der Waals surface area (Å²) in [7, 11) is 0. The molecule has 2 aromatic rings. The quantitative estimate of drug-likeness (QED) is 0.140. The third-order valence-corrected chi connectivity index (χ3v) is 13.2. The smallest absolute Gasteiger partial charge is 0.344 e. The van der Waals surface area contributed by atoms with Gasteiger partial charge in [-0.3, -0.25) is 0 Å². The van der Waals surface area contributed by atoms with Gasteiger partial charge in [-0.05, 0) is 115 Å². The molecule has 4 aliphatic carbocycles. The normalized spacial score (nSPS) is 32.8. The maximum Gasteiger partial charge on any atom is 0.344 e. The molecule has 5 nitrogen and oxygen atoms in total. The van der Waals surface area contributed by atoms with Crippen molar-refractivity contribution in [1.82, 2.24) is 0 Å². The minimum atomic E-state index is -0.364. The maximum absolute atomic E-state index is 12.9. The number of carbonyl (C=O) groups excluding carboxylic acids is 1. The van der Waals surface area contributed by atoms with Crippen molar-refractivity contribution in [2.75, 3.05) is 6.61 Å². The molecule has 0 unspecified atom stereocenters. The average Bonchev–Trinajstić information content (AvgIpc) is 3.37. The van der Waals surface area contributed by atoms with Crippen LogP contribution in [-0.4, -0.2) is 18.7 Å². The highest BCUT2D eigenvalue weighted by molar-refractivity contribution is 5.81. The van der Waals surface area contributed by atoms with Crippen molar-refractivity contribution >= 4 is 16.9 Å². The summed E-state index contributed by atoms with van der Waals surface area (Å²) in [6, 6.07) is 7.00. The molecular formula is C41H58O5. The molecule has 1 aromatic heterocycles. The molecule has 252 valence electrons. The third-order valence-electron chi connectivity index (χ3n) is 13.2. The Morgan fingerprint density at radius 3 is 2.63 bits per heavy atom. The zero-order valence-corrected chi connectivity index (χ0v) is 29.4. The highest BCUT2D eigenvalue weighted by Crippen LogP contribution is 2.67. The first-order valence-corrected chi connectivity index (χ1v) is 18.6. The minimum Gasteiger partial charge on any atom is -0.482 e. The fourth-order valence-electron chi connectivity index (χ4n) is 10.9. The maximum atomic E-state index is 12.9. The van der Waals surface area contributed by atoms with Gasteiger partial charge in [0.25, 0.3) is 0 Å². The number of hydrogen-bond donors (Lipinski definition) is 0. The van der Waals surface area contributed by atoms with E-state index in [-0.39, 0.29) is 29.7 Å². The van der Waals surface area contributed by atoms with E-state index in [9.17, 15) is 9.59 Å². The summed E-state index contributed by atoms with van der Waals surface area (Å²) in [5.74, 6) is 5.11. The average molecular weight is 631 g/mol. The number of carbonyl (C=O) groups is 1. The van der Waals surface area contributed by atoms with Gasteiger partial charge in [0.05, 0.1) is 0 Å². The van der Waals surface area contributed by atoms with Gasteiger partial charge in [-0.1, -0.05) is 78.9 Å². The van der Waals surface area contributed by atoms with Crippen LogP contribution in [0.15, 0.2) is 45.1 Å². The first-order valence-electron chi connectivity index (χ1n) is 18.6. The fourth-order valence-corrected chi connectivity index (χ4v) is 10.9. The van der Waals surface area contributed by atoms with Crippen LogP contribution in [-0.2, 0) is 16.0 Å². The molecule has 3 fully saturated rings. The van der Waals surface area contributed by atoms with E-state index in [2.05, 4.69) is 47.6 Å². The lowest BCUT2D eigenvalue weighted by atomic mass is 9.47. The Kier molecular flexibility index (Phi) is 9.80. The molecule has 0 N–H and O–H groups in total. The second kappa shape index (κ2) is 13.5. The molecule has 0 radical (unpaired) electrons. The van der Waals surface area contributed by atoms with E-state index in [1.165, 1.54) is 56.9 Å². The molecule has 4 aliphatic rings. The summed E-state index contributed by atoms with van der Waals surface area (Å²) in [5.41, 5.74) is 3.37. The predicted octanol–water partition coefficient (Wildman–Crippen LogP) is 10.1. The Balaban J connectivity index is 1.05. The summed E-state index contributed by atoms with van der Waals surface area (Å²) in [4.78, 5) is 25.0. The first kappa shape index (κ1) is 33.3. The van der Waals surface area contributed by atoms with E-state index < -0.39 is 0 Å². The first-order chi connectivity index (χ1) is 22.0. The van der Waals surface area contributed by atoms with E-state index in [0.29, 0.717) is 16.7 Å². The summed E-state index contributed by atoms with van der Waals surface area (Å²) in [6.45, 7) is 14.4. The van der Waals surface area contributed by atoms with Crippen molar-refractivity contribution in [1.29, 1.82) is 0 Å². The number of rotatable bonds is 11. The molecular weight excluding hydrogens is 572 g/mol. The fraction of sp³-hybridized carbons (Fsp3) is 0.707. The van der Waals surface area contributed by atoms with E-state index in [1.54, 1.807) is 12.1 Å². The summed E-state index contributed by atoms with van der Waals surface area (Å²) in [6.07, 6.45) is 18.0. The Hall–Kier alpha value is -2.56. The SMILES string of the molecule is CCCc1cc(=O)oc2cc(OCC(=O)O[C@H]3CC[C@@]4(C)C(=CC[C@H]5[C@@H]6CC[C@H]([C@H](C)CCCC(C)C)[C@@]6(C)CC[C@@H]54)C3)ccc12. The van der Waals surface area contributed by atoms with Gasteiger partial charge in [0, 0.05) is 23.9 Å². The van der Waals surface area contributed by atoms with Crippen LogP contribution in [0.4, 0.5) is 0 Å². The van der Waals surface area contributed by atoms with Gasteiger partial charge in [-0.2, -0.15) is 0 Å². The molecule has 0 bridgehead atoms. The lowest BCUT2D eigenvalue weighted by Gasteiger charge is -2.58. The van der Waals surface area contributed by atoms with E-state index in [4.69, 9.17) is 13.9 Å². The number of benzene rings is 1. The largest absolute Gasteiger partial charge is 0.482 e. The summed E-state index contributed by atoms with van der Waals surface area (Å²) >= 11 is 0. The minimum absolute atomic E-state index is 0.0883. The van der Waals surface area contributed by atoms with Crippen LogP contribution in [0.1, 0.15) is 124 Å². The van der Waals surface area contributed by atoms with E-state index in [0.717, 1.165) is 78.6 Å². The van der Waals surface area contributed by atoms with Gasteiger partial charge in [0.1, 0.15) is 17.4 Å². The van der Waals surface area contributed by atoms with E-state index in [1.807, 2.05) is 12.1 Å². The van der Waals surface area contributed by atoms with Crippen LogP contribution < -0.4 is 10.4 Å². The van der Waals surface area contributed by atoms with Crippen LogP contribution >= 0.6 is 0 Å². The van der Waals surface area contributed by atoms with Crippen molar-refractivity contribution in [3.8, 4) is 5.75 Å². The second-order valence-electron chi connectivity index (χ2n) is 16.4. The van der Waals surface area contributed by atoms with Crippen molar-refractivity contribution in [3.63, 3.8) is 0 Å². The van der Waals surface area contributed by atoms with Crippen molar-refractivity contribution in [2.45, 2.75) is 131 Å². The van der Waals surface area contributed by atoms with E-state index >= 15 is 0 Å². The molecule has 0 aliphatic heterocycles. The molecule has 0 amide bonds. The highest BCUT2D eigenvalue weighted by Gasteiger charge is 2.59. The number of allylic oxidation sites excluding steroid dienone is 1. The number of aryl methyl sites for hydroxylation is 1. The van der Waals surface area contributed by atoms with Gasteiger partial charge in [-0.25, -0.2) is 9.59 Å². The van der Waals surface area contributed by atoms with Crippen LogP contribution in [0, 0.1) is 46.3 Å². The molecule has 0 saturated heterocycles. The molecule has 3 saturated carbocycles. The van der Waals surface area contributed by atoms with Crippen LogP contribution in [0.3, 0.4) is 0 Å². The standard InChI is InChI=1S/C41H58O5/c1-7-9-28-22-38(42)46-37-24-30(13-15-32(28)37)44-25-39(43)45-31-18-20-40(5)29(23-31)12-14-33-35-17-16-34(27(4)11-8-10-26(2)3)41(35,6)21-19-36(33)40/h12-13,15,22,24,26-27,31,33-36H,7-11,14,16-21,23,25H2,1-6H3/t27-,31+,33+,34-,35+,36+,40+,41-/m1/s1. The Labute approximate surface area is 276 Å². The second-order valence-corrected chi connectivity index (χ2v) is 16.4. The third kappa shape index (κ3) is 6.46. The lowest BCUT2D eigenvalue weighted by molar-refractivity contribution is -0.153. The number of hydrogen-bond acceptors (Lipinski definition) is 5. The zero-order valence-electron chi connectivity index (χ0n) is 29.4. The molecule has 5 heteroatoms. The van der Waals surface area contributed by atoms with Gasteiger partial charge < -0.3 is 13.9 Å². The van der Waals surface area contributed by atoms with Gasteiger partial charge in [0.15, 0.2) is 6.61 Å². The predicted molar refractivity (Wildman–Crippen MR) is 185 cm³/mol. The Morgan fingerprint density at radius 2 is 1.85 bits per heavy atom. The molecule has 1 heterocycles. The van der Waals surface area contributed by atoms with Crippen LogP contribution in [0.5, 0.6) is 5.75 Å². The summed E-state index contributed by atoms with van der Waals surface area (Å²) < 4.78 is 17.2. The van der Waals surface area contributed by atoms with Gasteiger partial charge in [-0.15, -0.1) is 0 Å². The van der Waals surface area contributed by atoms with Crippen molar-refractivity contribution in [2.24, 2.45) is 46.3 Å². The highest BCUT2D eigenvalue weighted by atomic mass is 16.6. The summed E-state index contributed by atoms with van der Waals surface area (Å²) in [5, 5.41) is 0.909. The molecule has 1 aromatic carbocycles. The number of esters is 1. The van der Waals surface area contributed by atoms with Crippen LogP contribution in [0.2, 0.25) is 0 Å². The van der Waals surface area contributed by atoms with Crippen LogP contribution in [0.25, 0.3) is 11.0 Å². The van der Waals surface area contributed by atoms with Crippen molar-refractivity contribution in [3.05, 3.63) is 51.9 Å². The molecule has 6 rings (SSSR count). The Morgan fingerprint density at radius 1 is 1.02 bits per heavy atom. The lowest BCUT2D eigenvalue weighted by Crippen LogP contribution is -2.51. The van der Waals surface area contributed by atoms with Gasteiger partial charge in [0.2, 0.25) is 0 Å². The molecule has 0 spiro atoms. The monoisotopic (exact) mass is 630 g/mol. The zero-order chi connectivity index (χ0) is 32.6. The number of ether oxygens (including phenoxy) is 2. The van der Waals surface area contributed by atoms with Crippen molar-refractivity contribution < 1.29 is 18.7 Å². The number of fused-ring (bicyclic) bond motifs is 6.